The van der Waals surface area contributed by atoms with E-state index in [0.717, 1.165) is 60.0 Å². The van der Waals surface area contributed by atoms with E-state index >= 15 is 4.39 Å². The van der Waals surface area contributed by atoms with Crippen molar-refractivity contribution in [3.63, 3.8) is 0 Å². The number of nitrogens with one attached hydrogen (secondary N) is 3. The lowest BCUT2D eigenvalue weighted by atomic mass is 9.85. The molecule has 0 spiro atoms. The van der Waals surface area contributed by atoms with Crippen molar-refractivity contribution in [2.75, 3.05) is 63.2 Å². The third kappa shape index (κ3) is 12.6. The number of nitrogen functional groups attached to an aromatic ring is 1. The number of amides is 3. The number of aliphatic hydroxyl groups excluding tert-OH is 1. The van der Waals surface area contributed by atoms with Crippen molar-refractivity contribution in [1.82, 2.24) is 50.7 Å². The maximum atomic E-state index is 16.7. The number of hydrogen-bond acceptors (Lipinski definition) is 16. The molecular formula is C54H68F4N12O6S. The van der Waals surface area contributed by atoms with E-state index in [1.165, 1.54) is 18.0 Å². The van der Waals surface area contributed by atoms with Crippen LogP contribution in [-0.2, 0) is 25.3 Å². The number of carbonyl (C=O) groups is 3. The van der Waals surface area contributed by atoms with Gasteiger partial charge in [-0.1, -0.05) is 45.0 Å². The molecule has 0 saturated carbocycles. The maximum Gasteiger partial charge on any atom is 0.418 e. The molecule has 8 heterocycles. The van der Waals surface area contributed by atoms with Gasteiger partial charge in [0.2, 0.25) is 17.7 Å². The van der Waals surface area contributed by atoms with Gasteiger partial charge in [0, 0.05) is 69.9 Å². The van der Waals surface area contributed by atoms with E-state index < -0.39 is 64.4 Å². The van der Waals surface area contributed by atoms with E-state index in [0.29, 0.717) is 38.5 Å². The number of aryl methyl sites for hydroxylation is 2. The van der Waals surface area contributed by atoms with Crippen molar-refractivity contribution in [1.29, 1.82) is 0 Å². The number of benzene rings is 1. The fourth-order valence-corrected chi connectivity index (χ4v) is 11.9. The number of aromatic nitrogens is 5. The molecule has 5 aromatic rings. The van der Waals surface area contributed by atoms with Gasteiger partial charge >= 0.3 is 12.2 Å². The van der Waals surface area contributed by atoms with Gasteiger partial charge in [-0.3, -0.25) is 24.3 Å². The normalized spacial score (nSPS) is 21.7. The molecule has 1 aromatic carbocycles. The van der Waals surface area contributed by atoms with E-state index in [4.69, 9.17) is 20.2 Å². The predicted octanol–water partition coefficient (Wildman–Crippen LogP) is 6.52. The minimum Gasteiger partial charge on any atom is -0.462 e. The Morgan fingerprint density at radius 2 is 1.71 bits per heavy atom. The van der Waals surface area contributed by atoms with Gasteiger partial charge < -0.3 is 46.1 Å². The van der Waals surface area contributed by atoms with Crippen molar-refractivity contribution in [2.24, 2.45) is 5.41 Å². The number of piperazine rings is 1. The lowest BCUT2D eigenvalue weighted by Crippen LogP contribution is -2.58. The zero-order valence-electron chi connectivity index (χ0n) is 44.3. The zero-order valence-corrected chi connectivity index (χ0v) is 45.1. The number of nitrogens with two attached hydrogens (primary N) is 1. The first kappa shape index (κ1) is 55.6. The summed E-state index contributed by atoms with van der Waals surface area (Å²) < 4.78 is 72.0. The highest BCUT2D eigenvalue weighted by Gasteiger charge is 2.45. The number of hydrogen-bond donors (Lipinski definition) is 5. The molecule has 4 aliphatic heterocycles. The van der Waals surface area contributed by atoms with Crippen LogP contribution in [-0.4, -0.2) is 146 Å². The van der Waals surface area contributed by atoms with E-state index in [-0.39, 0.29) is 91.0 Å². The van der Waals surface area contributed by atoms with Crippen molar-refractivity contribution in [3.05, 3.63) is 70.2 Å². The number of β-amino-alcohol motifs (C(OH)–C–C–N with tert-alkyl or cyclic N) is 1. The second-order valence-corrected chi connectivity index (χ2v) is 22.7. The number of halogens is 4. The molecular weight excluding hydrogens is 1020 g/mol. The summed E-state index contributed by atoms with van der Waals surface area (Å²) >= 11 is 1.56. The Bertz CT molecular complexity index is 2950. The Kier molecular flexibility index (Phi) is 16.7. The molecule has 0 radical (unpaired) electrons. The number of likely N-dealkylation sites (tertiary alicyclic amines) is 2. The molecule has 414 valence electrons. The average Bonchev–Trinajstić information content (AvgIpc) is 4.24. The summed E-state index contributed by atoms with van der Waals surface area (Å²) in [5.41, 5.74) is 6.87. The third-order valence-corrected chi connectivity index (χ3v) is 16.1. The lowest BCUT2D eigenvalue weighted by molar-refractivity contribution is -0.144. The number of pyridine rings is 2. The highest BCUT2D eigenvalue weighted by atomic mass is 32.1. The van der Waals surface area contributed by atoms with Gasteiger partial charge in [0.05, 0.1) is 45.8 Å². The largest absolute Gasteiger partial charge is 0.462 e. The average molecular weight is 1090 g/mol. The number of ether oxygens (including phenoxy) is 2. The molecule has 4 aliphatic rings. The molecule has 4 fully saturated rings. The monoisotopic (exact) mass is 1090 g/mol. The third-order valence-electron chi connectivity index (χ3n) is 15.1. The van der Waals surface area contributed by atoms with E-state index in [2.05, 4.69) is 40.8 Å². The SMILES string of the molecule is Cc1cc(N)nc(-c2ncc3c(N4CC5CCC(C4)N5)nc(OC[C@@H]4CCCN4CCCOCCC(=O)N[C@H](C(=O)N4C[C@H](O)C[C@H]4C(=O)N[C@@H](C)c4ccc(-c5scnc5C)cc4)C(C)(C)C)nc3c2F)c1C(F)(F)F. The number of fused-ring (bicyclic) bond motifs is 3. The molecule has 77 heavy (non-hydrogen) atoms. The summed E-state index contributed by atoms with van der Waals surface area (Å²) in [5, 5.41) is 20.4. The van der Waals surface area contributed by atoms with Crippen LogP contribution in [0.25, 0.3) is 32.7 Å². The predicted molar refractivity (Wildman–Crippen MR) is 283 cm³/mol. The van der Waals surface area contributed by atoms with Crippen molar-refractivity contribution in [3.8, 4) is 27.8 Å². The van der Waals surface area contributed by atoms with Gasteiger partial charge in [0.1, 0.15) is 47.2 Å². The topological polar surface area (TPSA) is 226 Å². The van der Waals surface area contributed by atoms with Crippen LogP contribution in [0.15, 0.2) is 42.0 Å². The van der Waals surface area contributed by atoms with Crippen LogP contribution in [0.3, 0.4) is 0 Å². The summed E-state index contributed by atoms with van der Waals surface area (Å²) in [6.07, 6.45) is -0.141. The van der Waals surface area contributed by atoms with Crippen LogP contribution in [0.5, 0.6) is 6.01 Å². The maximum absolute atomic E-state index is 16.7. The Morgan fingerprint density at radius 1 is 0.974 bits per heavy atom. The van der Waals surface area contributed by atoms with E-state index in [1.54, 1.807) is 16.8 Å². The fraction of sp³-hybridized carbons (Fsp3) is 0.556. The van der Waals surface area contributed by atoms with Crippen LogP contribution in [0.4, 0.5) is 29.2 Å². The Balaban J connectivity index is 0.777. The molecule has 4 aromatic heterocycles. The molecule has 18 nitrogen and oxygen atoms in total. The minimum atomic E-state index is -4.86. The van der Waals surface area contributed by atoms with Crippen LogP contribution >= 0.6 is 11.3 Å². The second kappa shape index (κ2) is 23.1. The molecule has 23 heteroatoms. The molecule has 0 aliphatic carbocycles. The van der Waals surface area contributed by atoms with Gasteiger partial charge in [-0.15, -0.1) is 11.3 Å². The Morgan fingerprint density at radius 3 is 2.40 bits per heavy atom. The first-order valence-electron chi connectivity index (χ1n) is 26.4. The minimum absolute atomic E-state index is 0.00829. The van der Waals surface area contributed by atoms with Crippen LogP contribution < -0.4 is 31.3 Å². The Hall–Kier alpha value is -6.14. The van der Waals surface area contributed by atoms with Gasteiger partial charge in [0.15, 0.2) is 5.82 Å². The van der Waals surface area contributed by atoms with Crippen molar-refractivity contribution in [2.45, 2.75) is 135 Å². The van der Waals surface area contributed by atoms with Crippen LogP contribution in [0, 0.1) is 25.1 Å². The molecule has 6 N–H and O–H groups in total. The van der Waals surface area contributed by atoms with Crippen molar-refractivity contribution >= 4 is 51.6 Å². The molecule has 3 amide bonds. The van der Waals surface area contributed by atoms with Gasteiger partial charge in [0.25, 0.3) is 0 Å². The zero-order chi connectivity index (χ0) is 54.9. The number of thiazole rings is 1. The standard InChI is InChI=1S/C54H68F4N12O6S/c1-29-21-40(59)64-45(42(29)54(56,57)58)46-43(55)44-38(23-60-46)49(69-24-34-14-15-35(25-69)63-34)67-52(66-44)76-27-36-9-7-17-68(36)18-8-19-75-20-16-41(72)65-48(53(4,5)6)51(74)70-26-37(71)22-39(70)50(73)62-30(2)32-10-12-33(13-11-32)47-31(3)61-28-77-47/h10-13,21,23,28,30,34-37,39,48,63,71H,7-9,14-20,22,24-27H2,1-6H3,(H2,59,64)(H,62,73)(H,65,72)/t30-,34?,35?,36-,37+,39-,48+/m0/s1. The molecule has 2 unspecified atom stereocenters. The number of nitrogens with zero attached hydrogens (tertiary/aromatic N) is 8. The number of alkyl halides is 3. The number of anilines is 2. The number of aliphatic hydroxyl groups is 1. The van der Waals surface area contributed by atoms with Crippen molar-refractivity contribution < 1.29 is 46.5 Å². The quantitative estimate of drug-likeness (QED) is 0.0465. The van der Waals surface area contributed by atoms with Gasteiger partial charge in [-0.2, -0.15) is 23.1 Å². The smallest absolute Gasteiger partial charge is 0.418 e. The first-order chi connectivity index (χ1) is 36.6. The molecule has 7 atom stereocenters. The fourth-order valence-electron chi connectivity index (χ4n) is 11.1. The summed E-state index contributed by atoms with van der Waals surface area (Å²) in [5.74, 6) is -2.15. The van der Waals surface area contributed by atoms with Crippen LogP contribution in [0.2, 0.25) is 0 Å². The van der Waals surface area contributed by atoms with E-state index in [1.807, 2.05) is 63.8 Å². The number of carbonyl (C=O) groups excluding carboxylic acids is 3. The molecule has 4 saturated heterocycles. The second-order valence-electron chi connectivity index (χ2n) is 21.9. The molecule has 9 rings (SSSR count). The molecule has 2 bridgehead atoms. The number of rotatable bonds is 18. The first-order valence-corrected chi connectivity index (χ1v) is 27.3. The Labute approximate surface area is 448 Å². The summed E-state index contributed by atoms with van der Waals surface area (Å²) in [4.78, 5) is 69.7. The summed E-state index contributed by atoms with van der Waals surface area (Å²) in [6, 6.07) is 6.92. The van der Waals surface area contributed by atoms with Gasteiger partial charge in [-0.05, 0) is 87.6 Å². The highest BCUT2D eigenvalue weighted by molar-refractivity contribution is 7.13. The van der Waals surface area contributed by atoms with Gasteiger partial charge in [-0.25, -0.2) is 14.4 Å². The van der Waals surface area contributed by atoms with Crippen LogP contribution in [0.1, 0.15) is 101 Å². The van der Waals surface area contributed by atoms with E-state index in [9.17, 15) is 32.7 Å². The summed E-state index contributed by atoms with van der Waals surface area (Å²) in [6.45, 7) is 13.8. The highest BCUT2D eigenvalue weighted by Crippen LogP contribution is 2.41. The summed E-state index contributed by atoms with van der Waals surface area (Å²) in [7, 11) is 0. The lowest BCUT2D eigenvalue weighted by Gasteiger charge is -2.35.